The smallest absolute Gasteiger partial charge is 0.261 e. The Bertz CT molecular complexity index is 518. The highest BCUT2D eigenvalue weighted by atomic mass is 32.2. The van der Waals surface area contributed by atoms with E-state index in [1.165, 1.54) is 11.3 Å². The molecule has 0 fully saturated rings. The number of thiophene rings is 1. The van der Waals surface area contributed by atoms with E-state index in [1.807, 2.05) is 0 Å². The van der Waals surface area contributed by atoms with Gasteiger partial charge >= 0.3 is 0 Å². The van der Waals surface area contributed by atoms with Crippen molar-refractivity contribution >= 4 is 21.4 Å². The van der Waals surface area contributed by atoms with Gasteiger partial charge < -0.3 is 10.1 Å². The molecule has 0 radical (unpaired) electrons. The molecule has 1 rings (SSSR count). The summed E-state index contributed by atoms with van der Waals surface area (Å²) in [5.41, 5.74) is 0.668. The largest absolute Gasteiger partial charge is 0.374 e. The van der Waals surface area contributed by atoms with E-state index in [0.717, 1.165) is 0 Å². The van der Waals surface area contributed by atoms with Crippen LogP contribution < -0.4 is 10.0 Å². The average Bonchev–Trinajstić information content (AvgIpc) is 2.71. The maximum absolute atomic E-state index is 12.2. The standard InChI is InChI=1S/C11H18F2N2O3S2/c1-8-7-19-9(5-14-2)11(8)20(16,17)15-3-4-18-6-10(12)13/h7,10,14-15H,3-6H2,1-2H3. The summed E-state index contributed by atoms with van der Waals surface area (Å²) in [6.07, 6.45) is -2.55. The van der Waals surface area contributed by atoms with Gasteiger partial charge in [0, 0.05) is 18.0 Å². The highest BCUT2D eigenvalue weighted by Gasteiger charge is 2.22. The molecular weight excluding hydrogens is 310 g/mol. The Morgan fingerprint density at radius 3 is 2.75 bits per heavy atom. The van der Waals surface area contributed by atoms with Gasteiger partial charge in [0.2, 0.25) is 10.0 Å². The predicted octanol–water partition coefficient (Wildman–Crippen LogP) is 1.34. The maximum Gasteiger partial charge on any atom is 0.261 e. The third-order valence-corrected chi connectivity index (χ3v) is 5.30. The fourth-order valence-electron chi connectivity index (χ4n) is 1.62. The first-order valence-corrected chi connectivity index (χ1v) is 8.32. The number of hydrogen-bond donors (Lipinski definition) is 2. The lowest BCUT2D eigenvalue weighted by molar-refractivity contribution is 0.0199. The molecule has 5 nitrogen and oxygen atoms in total. The van der Waals surface area contributed by atoms with Crippen LogP contribution in [0.4, 0.5) is 8.78 Å². The van der Waals surface area contributed by atoms with E-state index in [-0.39, 0.29) is 18.0 Å². The number of ether oxygens (including phenoxy) is 1. The van der Waals surface area contributed by atoms with Crippen LogP contribution in [0, 0.1) is 6.92 Å². The van der Waals surface area contributed by atoms with E-state index in [0.29, 0.717) is 17.0 Å². The zero-order valence-electron chi connectivity index (χ0n) is 11.3. The highest BCUT2D eigenvalue weighted by molar-refractivity contribution is 7.89. The van der Waals surface area contributed by atoms with Gasteiger partial charge in [-0.05, 0) is 24.9 Å². The van der Waals surface area contributed by atoms with Gasteiger partial charge in [-0.15, -0.1) is 11.3 Å². The van der Waals surface area contributed by atoms with E-state index in [1.54, 1.807) is 19.4 Å². The summed E-state index contributed by atoms with van der Waals surface area (Å²) < 4.78 is 55.0. The minimum absolute atomic E-state index is 0.0384. The molecule has 9 heteroatoms. The van der Waals surface area contributed by atoms with Gasteiger partial charge in [0.1, 0.15) is 11.5 Å². The van der Waals surface area contributed by atoms with Crippen molar-refractivity contribution in [3.63, 3.8) is 0 Å². The van der Waals surface area contributed by atoms with Crippen molar-refractivity contribution in [1.82, 2.24) is 10.0 Å². The molecule has 0 bridgehead atoms. The quantitative estimate of drug-likeness (QED) is 0.671. The summed E-state index contributed by atoms with van der Waals surface area (Å²) >= 11 is 1.36. The van der Waals surface area contributed by atoms with Crippen LogP contribution in [0.5, 0.6) is 0 Å². The minimum Gasteiger partial charge on any atom is -0.374 e. The van der Waals surface area contributed by atoms with Crippen LogP contribution >= 0.6 is 11.3 Å². The molecule has 0 aromatic carbocycles. The van der Waals surface area contributed by atoms with Crippen molar-refractivity contribution < 1.29 is 21.9 Å². The van der Waals surface area contributed by atoms with Crippen molar-refractivity contribution in [2.75, 3.05) is 26.8 Å². The van der Waals surface area contributed by atoms with Crippen molar-refractivity contribution in [2.24, 2.45) is 0 Å². The fourth-order valence-corrected chi connectivity index (χ4v) is 4.46. The molecule has 1 aromatic heterocycles. The third-order valence-electron chi connectivity index (χ3n) is 2.38. The molecule has 0 aliphatic heterocycles. The summed E-state index contributed by atoms with van der Waals surface area (Å²) in [7, 11) is -1.92. The second-order valence-corrected chi connectivity index (χ2v) is 6.73. The third kappa shape index (κ3) is 5.06. The number of hydrogen-bond acceptors (Lipinski definition) is 5. The molecular formula is C11H18F2N2O3S2. The zero-order valence-corrected chi connectivity index (χ0v) is 12.9. The molecule has 0 aliphatic rings. The molecule has 0 saturated heterocycles. The van der Waals surface area contributed by atoms with E-state index in [2.05, 4.69) is 14.8 Å². The van der Waals surface area contributed by atoms with Crippen molar-refractivity contribution in [3.8, 4) is 0 Å². The molecule has 0 amide bonds. The summed E-state index contributed by atoms with van der Waals surface area (Å²) in [6, 6.07) is 0. The number of rotatable bonds is 9. The van der Waals surface area contributed by atoms with E-state index >= 15 is 0 Å². The molecule has 0 saturated carbocycles. The second-order valence-electron chi connectivity index (χ2n) is 4.07. The molecule has 20 heavy (non-hydrogen) atoms. The highest BCUT2D eigenvalue weighted by Crippen LogP contribution is 2.26. The van der Waals surface area contributed by atoms with E-state index < -0.39 is 23.1 Å². The van der Waals surface area contributed by atoms with Gasteiger partial charge in [0.25, 0.3) is 6.43 Å². The predicted molar refractivity (Wildman–Crippen MR) is 73.8 cm³/mol. The van der Waals surface area contributed by atoms with Gasteiger partial charge in [-0.1, -0.05) is 0 Å². The van der Waals surface area contributed by atoms with Crippen LogP contribution in [0.3, 0.4) is 0 Å². The first kappa shape index (κ1) is 17.4. The molecule has 0 spiro atoms. The fraction of sp³-hybridized carbons (Fsp3) is 0.636. The topological polar surface area (TPSA) is 67.4 Å². The van der Waals surface area contributed by atoms with Crippen LogP contribution in [-0.4, -0.2) is 41.6 Å². The monoisotopic (exact) mass is 328 g/mol. The Morgan fingerprint density at radius 2 is 2.15 bits per heavy atom. The maximum atomic E-state index is 12.2. The van der Waals surface area contributed by atoms with Gasteiger partial charge in [-0.2, -0.15) is 0 Å². The van der Waals surface area contributed by atoms with Crippen LogP contribution in [-0.2, 0) is 21.3 Å². The number of nitrogens with one attached hydrogen (secondary N) is 2. The molecule has 116 valence electrons. The van der Waals surface area contributed by atoms with Gasteiger partial charge in [0.15, 0.2) is 0 Å². The number of aryl methyl sites for hydroxylation is 1. The number of halogens is 2. The first-order chi connectivity index (χ1) is 9.38. The molecule has 1 aromatic rings. The van der Waals surface area contributed by atoms with E-state index in [9.17, 15) is 17.2 Å². The average molecular weight is 328 g/mol. The van der Waals surface area contributed by atoms with Crippen LogP contribution in [0.25, 0.3) is 0 Å². The Kier molecular flexibility index (Phi) is 6.96. The van der Waals surface area contributed by atoms with Crippen LogP contribution in [0.1, 0.15) is 10.4 Å². The van der Waals surface area contributed by atoms with Crippen LogP contribution in [0.15, 0.2) is 10.3 Å². The molecule has 2 N–H and O–H groups in total. The number of sulfonamides is 1. The summed E-state index contributed by atoms with van der Waals surface area (Å²) in [4.78, 5) is 0.969. The Labute approximate surface area is 121 Å². The molecule has 0 aliphatic carbocycles. The zero-order chi connectivity index (χ0) is 15.2. The van der Waals surface area contributed by atoms with E-state index in [4.69, 9.17) is 0 Å². The van der Waals surface area contributed by atoms with Gasteiger partial charge in [-0.3, -0.25) is 0 Å². The molecule has 0 atom stereocenters. The molecule has 1 heterocycles. The Hall–Kier alpha value is -0.610. The Morgan fingerprint density at radius 1 is 1.45 bits per heavy atom. The van der Waals surface area contributed by atoms with Gasteiger partial charge in [0.05, 0.1) is 6.61 Å². The summed E-state index contributed by atoms with van der Waals surface area (Å²) in [5.74, 6) is 0. The Balaban J connectivity index is 2.62. The van der Waals surface area contributed by atoms with Crippen LogP contribution in [0.2, 0.25) is 0 Å². The molecule has 0 unspecified atom stereocenters. The minimum atomic E-state index is -3.65. The van der Waals surface area contributed by atoms with Crippen molar-refractivity contribution in [3.05, 3.63) is 15.8 Å². The summed E-state index contributed by atoms with van der Waals surface area (Å²) in [6.45, 7) is 1.36. The SMILES string of the molecule is CNCc1scc(C)c1S(=O)(=O)NCCOCC(F)F. The normalized spacial score (nSPS) is 12.2. The van der Waals surface area contributed by atoms with Gasteiger partial charge in [-0.25, -0.2) is 21.9 Å². The lowest BCUT2D eigenvalue weighted by Crippen LogP contribution is -2.29. The first-order valence-electron chi connectivity index (χ1n) is 5.95. The summed E-state index contributed by atoms with van der Waals surface area (Å²) in [5, 5.41) is 4.68. The lowest BCUT2D eigenvalue weighted by Gasteiger charge is -2.09. The van der Waals surface area contributed by atoms with Crippen molar-refractivity contribution in [2.45, 2.75) is 24.8 Å². The number of alkyl halides is 2. The second kappa shape index (κ2) is 7.99. The lowest BCUT2D eigenvalue weighted by atomic mass is 10.3. The van der Waals surface area contributed by atoms with Crippen molar-refractivity contribution in [1.29, 1.82) is 0 Å².